The van der Waals surface area contributed by atoms with Gasteiger partial charge in [0.2, 0.25) is 5.91 Å². The number of benzene rings is 1. The highest BCUT2D eigenvalue weighted by Gasteiger charge is 2.13. The fraction of sp³-hybridized carbons (Fsp3) is 0.312. The lowest BCUT2D eigenvalue weighted by Crippen LogP contribution is -2.32. The third-order valence-electron chi connectivity index (χ3n) is 3.44. The first-order valence-corrected chi connectivity index (χ1v) is 7.54. The van der Waals surface area contributed by atoms with Gasteiger partial charge in [-0.05, 0) is 24.1 Å². The van der Waals surface area contributed by atoms with Crippen LogP contribution in [-0.2, 0) is 11.3 Å². The molecule has 0 aliphatic rings. The minimum absolute atomic E-state index is 0.0350. The van der Waals surface area contributed by atoms with E-state index in [1.54, 1.807) is 13.3 Å². The van der Waals surface area contributed by atoms with Gasteiger partial charge in [-0.15, -0.1) is 0 Å². The van der Waals surface area contributed by atoms with Gasteiger partial charge in [0, 0.05) is 6.20 Å². The van der Waals surface area contributed by atoms with Crippen molar-refractivity contribution >= 4 is 17.6 Å². The van der Waals surface area contributed by atoms with Crippen molar-refractivity contribution in [1.29, 1.82) is 0 Å². The van der Waals surface area contributed by atoms with Crippen molar-refractivity contribution in [3.05, 3.63) is 42.2 Å². The molecule has 24 heavy (non-hydrogen) atoms. The van der Waals surface area contributed by atoms with E-state index in [0.717, 1.165) is 17.7 Å². The van der Waals surface area contributed by atoms with Crippen LogP contribution in [0.15, 0.2) is 36.7 Å². The molecule has 0 saturated carbocycles. The summed E-state index contributed by atoms with van der Waals surface area (Å²) in [5.74, 6) is 0.263. The van der Waals surface area contributed by atoms with Crippen LogP contribution in [0.1, 0.15) is 24.9 Å². The minimum atomic E-state index is -0.500. The number of ether oxygens (including phenoxy) is 1. The predicted molar refractivity (Wildman–Crippen MR) is 89.6 cm³/mol. The number of aromatic nitrogens is 2. The summed E-state index contributed by atoms with van der Waals surface area (Å²) in [7, 11) is 1.61. The maximum atomic E-state index is 12.1. The highest BCUT2D eigenvalue weighted by atomic mass is 16.5. The van der Waals surface area contributed by atoms with Crippen LogP contribution >= 0.6 is 0 Å². The molecule has 128 valence electrons. The van der Waals surface area contributed by atoms with Gasteiger partial charge in [-0.25, -0.2) is 4.79 Å². The SMILES string of the molecule is CC[C@@H](NC(=O)Nc1cnn(CC(N)=O)c1)c1ccc(OC)cc1. The zero-order chi connectivity index (χ0) is 17.5. The first kappa shape index (κ1) is 17.3. The molecule has 3 amide bonds. The van der Waals surface area contributed by atoms with Crippen LogP contribution in [0, 0.1) is 0 Å². The fourth-order valence-corrected chi connectivity index (χ4v) is 2.26. The number of nitrogens with zero attached hydrogens (tertiary/aromatic N) is 2. The van der Waals surface area contributed by atoms with Crippen molar-refractivity contribution < 1.29 is 14.3 Å². The van der Waals surface area contributed by atoms with E-state index in [0.29, 0.717) is 5.69 Å². The summed E-state index contributed by atoms with van der Waals surface area (Å²) in [6.45, 7) is 1.95. The van der Waals surface area contributed by atoms with Crippen LogP contribution in [0.4, 0.5) is 10.5 Å². The average Bonchev–Trinajstić information content (AvgIpc) is 2.98. The molecule has 8 heteroatoms. The Morgan fingerprint density at radius 1 is 1.33 bits per heavy atom. The molecule has 4 N–H and O–H groups in total. The highest BCUT2D eigenvalue weighted by molar-refractivity contribution is 5.89. The Balaban J connectivity index is 1.95. The number of nitrogens with one attached hydrogen (secondary N) is 2. The molecule has 0 aliphatic heterocycles. The van der Waals surface area contributed by atoms with E-state index in [2.05, 4.69) is 15.7 Å². The molecule has 1 aromatic carbocycles. The zero-order valence-corrected chi connectivity index (χ0v) is 13.7. The molecule has 0 spiro atoms. The molecule has 0 radical (unpaired) electrons. The van der Waals surface area contributed by atoms with Crippen molar-refractivity contribution in [1.82, 2.24) is 15.1 Å². The van der Waals surface area contributed by atoms with Gasteiger partial charge in [-0.2, -0.15) is 5.10 Å². The summed E-state index contributed by atoms with van der Waals surface area (Å²) >= 11 is 0. The van der Waals surface area contributed by atoms with Crippen molar-refractivity contribution in [2.24, 2.45) is 5.73 Å². The average molecular weight is 331 g/mol. The van der Waals surface area contributed by atoms with E-state index in [9.17, 15) is 9.59 Å². The summed E-state index contributed by atoms with van der Waals surface area (Å²) in [6.07, 6.45) is 3.73. The number of primary amides is 1. The van der Waals surface area contributed by atoms with Gasteiger partial charge in [0.15, 0.2) is 0 Å². The maximum Gasteiger partial charge on any atom is 0.319 e. The molecule has 0 bridgehead atoms. The second-order valence-corrected chi connectivity index (χ2v) is 5.23. The molecule has 2 aromatic rings. The lowest BCUT2D eigenvalue weighted by Gasteiger charge is -2.18. The van der Waals surface area contributed by atoms with Crippen LogP contribution in [0.3, 0.4) is 0 Å². The van der Waals surface area contributed by atoms with Gasteiger partial charge in [0.1, 0.15) is 12.3 Å². The third-order valence-corrected chi connectivity index (χ3v) is 3.44. The van der Waals surface area contributed by atoms with Crippen LogP contribution in [0.5, 0.6) is 5.75 Å². The molecule has 0 saturated heterocycles. The molecular weight excluding hydrogens is 310 g/mol. The van der Waals surface area contributed by atoms with Crippen molar-refractivity contribution in [2.45, 2.75) is 25.9 Å². The Morgan fingerprint density at radius 2 is 2.04 bits per heavy atom. The Morgan fingerprint density at radius 3 is 2.62 bits per heavy atom. The first-order chi connectivity index (χ1) is 11.5. The smallest absolute Gasteiger partial charge is 0.319 e. The Hall–Kier alpha value is -3.03. The highest BCUT2D eigenvalue weighted by Crippen LogP contribution is 2.20. The van der Waals surface area contributed by atoms with Gasteiger partial charge in [0.25, 0.3) is 0 Å². The van der Waals surface area contributed by atoms with Gasteiger partial charge in [-0.1, -0.05) is 19.1 Å². The van der Waals surface area contributed by atoms with E-state index in [-0.39, 0.29) is 18.6 Å². The van der Waals surface area contributed by atoms with E-state index in [1.165, 1.54) is 10.9 Å². The second-order valence-electron chi connectivity index (χ2n) is 5.23. The number of anilines is 1. The molecular formula is C16H21N5O3. The quantitative estimate of drug-likeness (QED) is 0.716. The number of carbonyl (C=O) groups excluding carboxylic acids is 2. The summed E-state index contributed by atoms with van der Waals surface area (Å²) in [5, 5.41) is 9.53. The predicted octanol–water partition coefficient (Wildman–Crippen LogP) is 1.65. The lowest BCUT2D eigenvalue weighted by atomic mass is 10.0. The minimum Gasteiger partial charge on any atom is -0.497 e. The Bertz CT molecular complexity index is 696. The Labute approximate surface area is 140 Å². The standard InChI is InChI=1S/C16H21N5O3/c1-3-14(11-4-6-13(24-2)7-5-11)20-16(23)19-12-8-18-21(9-12)10-15(17)22/h4-9,14H,3,10H2,1-2H3,(H2,17,22)(H2,19,20,23)/t14-/m1/s1. The summed E-state index contributed by atoms with van der Waals surface area (Å²) in [6, 6.07) is 7.06. The van der Waals surface area contributed by atoms with E-state index < -0.39 is 5.91 Å². The number of amides is 3. The van der Waals surface area contributed by atoms with Crippen molar-refractivity contribution in [2.75, 3.05) is 12.4 Å². The lowest BCUT2D eigenvalue weighted by molar-refractivity contribution is -0.118. The molecule has 8 nitrogen and oxygen atoms in total. The number of hydrogen-bond acceptors (Lipinski definition) is 4. The van der Waals surface area contributed by atoms with E-state index in [1.807, 2.05) is 31.2 Å². The zero-order valence-electron chi connectivity index (χ0n) is 13.7. The third kappa shape index (κ3) is 4.73. The number of urea groups is 1. The Kier molecular flexibility index (Phi) is 5.78. The first-order valence-electron chi connectivity index (χ1n) is 7.54. The molecule has 1 atom stereocenters. The molecule has 0 aliphatic carbocycles. The number of hydrogen-bond donors (Lipinski definition) is 3. The largest absolute Gasteiger partial charge is 0.497 e. The van der Waals surface area contributed by atoms with Crippen molar-refractivity contribution in [3.8, 4) is 5.75 Å². The van der Waals surface area contributed by atoms with Crippen molar-refractivity contribution in [3.63, 3.8) is 0 Å². The van der Waals surface area contributed by atoms with E-state index >= 15 is 0 Å². The summed E-state index contributed by atoms with van der Waals surface area (Å²) in [4.78, 5) is 23.0. The van der Waals surface area contributed by atoms with Crippen LogP contribution in [-0.4, -0.2) is 28.8 Å². The second kappa shape index (κ2) is 8.00. The van der Waals surface area contributed by atoms with Crippen LogP contribution in [0.25, 0.3) is 0 Å². The maximum absolute atomic E-state index is 12.1. The monoisotopic (exact) mass is 331 g/mol. The van der Waals surface area contributed by atoms with Gasteiger partial charge in [0.05, 0.1) is 25.0 Å². The van der Waals surface area contributed by atoms with E-state index in [4.69, 9.17) is 10.5 Å². The molecule has 2 rings (SSSR count). The number of methoxy groups -OCH3 is 1. The number of nitrogens with two attached hydrogens (primary N) is 1. The van der Waals surface area contributed by atoms with Crippen LogP contribution in [0.2, 0.25) is 0 Å². The molecule has 0 fully saturated rings. The number of rotatable bonds is 7. The van der Waals surface area contributed by atoms with Gasteiger partial charge < -0.3 is 21.1 Å². The molecule has 0 unspecified atom stereocenters. The fourth-order valence-electron chi connectivity index (χ4n) is 2.26. The van der Waals surface area contributed by atoms with Gasteiger partial charge >= 0.3 is 6.03 Å². The summed E-state index contributed by atoms with van der Waals surface area (Å²) < 4.78 is 6.49. The topological polar surface area (TPSA) is 111 Å². The molecule has 1 aromatic heterocycles. The number of carbonyl (C=O) groups is 2. The normalized spacial score (nSPS) is 11.6. The molecule has 1 heterocycles. The van der Waals surface area contributed by atoms with Crippen LogP contribution < -0.4 is 21.1 Å². The van der Waals surface area contributed by atoms with Gasteiger partial charge in [-0.3, -0.25) is 9.48 Å². The summed E-state index contributed by atoms with van der Waals surface area (Å²) in [5.41, 5.74) is 6.56.